The van der Waals surface area contributed by atoms with Gasteiger partial charge in [-0.3, -0.25) is 0 Å². The fraction of sp³-hybridized carbons (Fsp3) is 0.571. The summed E-state index contributed by atoms with van der Waals surface area (Å²) in [6.07, 6.45) is 9.48. The highest BCUT2D eigenvalue weighted by atomic mass is 15.1. The van der Waals surface area contributed by atoms with Gasteiger partial charge in [0.1, 0.15) is 5.82 Å². The van der Waals surface area contributed by atoms with Gasteiger partial charge in [-0.05, 0) is 5.41 Å². The van der Waals surface area contributed by atoms with Gasteiger partial charge >= 0.3 is 0 Å². The van der Waals surface area contributed by atoms with E-state index in [4.69, 9.17) is 0 Å². The maximum Gasteiger partial charge on any atom is 0.122 e. The highest BCUT2D eigenvalue weighted by Crippen LogP contribution is 2.21. The first-order valence-electron chi connectivity index (χ1n) is 6.62. The molecule has 0 aliphatic carbocycles. The molecule has 2 rings (SSSR count). The zero-order chi connectivity index (χ0) is 13.9. The molecule has 5 heteroatoms. The van der Waals surface area contributed by atoms with Crippen LogP contribution in [0.4, 0.5) is 0 Å². The van der Waals surface area contributed by atoms with Crippen LogP contribution in [0.15, 0.2) is 31.1 Å². The van der Waals surface area contributed by atoms with Crippen LogP contribution in [0.3, 0.4) is 0 Å². The summed E-state index contributed by atoms with van der Waals surface area (Å²) in [7, 11) is 2.02. The Balaban J connectivity index is 2.00. The van der Waals surface area contributed by atoms with Crippen molar-refractivity contribution in [3.05, 3.63) is 36.9 Å². The molecule has 0 aliphatic rings. The van der Waals surface area contributed by atoms with Crippen LogP contribution in [-0.2, 0) is 20.1 Å². The van der Waals surface area contributed by atoms with E-state index in [1.807, 2.05) is 42.7 Å². The van der Waals surface area contributed by atoms with Crippen molar-refractivity contribution < 1.29 is 0 Å². The fourth-order valence-corrected chi connectivity index (χ4v) is 2.03. The van der Waals surface area contributed by atoms with Crippen molar-refractivity contribution in [1.29, 1.82) is 0 Å². The smallest absolute Gasteiger partial charge is 0.122 e. The predicted octanol–water partition coefficient (Wildman–Crippen LogP) is 1.82. The van der Waals surface area contributed by atoms with Gasteiger partial charge in [0, 0.05) is 44.4 Å². The number of nitrogens with zero attached hydrogens (tertiary/aromatic N) is 4. The van der Waals surface area contributed by atoms with Crippen LogP contribution in [-0.4, -0.2) is 25.1 Å². The van der Waals surface area contributed by atoms with Crippen molar-refractivity contribution in [2.24, 2.45) is 12.5 Å². The minimum atomic E-state index is 0.176. The molecule has 2 aromatic rings. The average molecular weight is 261 g/mol. The zero-order valence-electron chi connectivity index (χ0n) is 12.2. The minimum absolute atomic E-state index is 0.176. The molecule has 2 heterocycles. The van der Waals surface area contributed by atoms with Crippen molar-refractivity contribution in [2.75, 3.05) is 0 Å². The molecule has 0 saturated heterocycles. The number of hydrogen-bond donors (Lipinski definition) is 1. The second kappa shape index (κ2) is 5.57. The molecule has 19 heavy (non-hydrogen) atoms. The topological polar surface area (TPSA) is 47.7 Å². The van der Waals surface area contributed by atoms with Crippen molar-refractivity contribution >= 4 is 0 Å². The lowest BCUT2D eigenvalue weighted by molar-refractivity contribution is 0.238. The number of aryl methyl sites for hydroxylation is 1. The Kier molecular flexibility index (Phi) is 4.04. The molecule has 0 radical (unpaired) electrons. The summed E-state index contributed by atoms with van der Waals surface area (Å²) in [6, 6.07) is 0.360. The lowest BCUT2D eigenvalue weighted by Crippen LogP contribution is -2.43. The molecule has 0 aromatic carbocycles. The van der Waals surface area contributed by atoms with Crippen LogP contribution in [0.5, 0.6) is 0 Å². The molecular formula is C14H23N5. The van der Waals surface area contributed by atoms with Gasteiger partial charge in [-0.2, -0.15) is 0 Å². The summed E-state index contributed by atoms with van der Waals surface area (Å²) in [4.78, 5) is 8.45. The standard InChI is InChI=1S/C14H23N5/c1-14(2,3)12(10-19-8-5-15-11-19)17-9-13-16-6-7-18(13)4/h5-8,11-12,17H,9-10H2,1-4H3. The third kappa shape index (κ3) is 3.67. The van der Waals surface area contributed by atoms with E-state index in [1.54, 1.807) is 0 Å². The number of aromatic nitrogens is 4. The summed E-state index contributed by atoms with van der Waals surface area (Å²) in [5.41, 5.74) is 0.176. The van der Waals surface area contributed by atoms with E-state index in [9.17, 15) is 0 Å². The maximum atomic E-state index is 4.35. The molecule has 0 aliphatic heterocycles. The monoisotopic (exact) mass is 261 g/mol. The van der Waals surface area contributed by atoms with Crippen LogP contribution in [0, 0.1) is 5.41 Å². The van der Waals surface area contributed by atoms with Gasteiger partial charge in [0.25, 0.3) is 0 Å². The molecule has 2 aromatic heterocycles. The van der Waals surface area contributed by atoms with E-state index in [-0.39, 0.29) is 5.41 Å². The first-order chi connectivity index (χ1) is 8.97. The molecule has 0 bridgehead atoms. The zero-order valence-corrected chi connectivity index (χ0v) is 12.2. The molecular weight excluding hydrogens is 238 g/mol. The summed E-state index contributed by atoms with van der Waals surface area (Å²) in [6.45, 7) is 8.44. The molecule has 0 fully saturated rings. The quantitative estimate of drug-likeness (QED) is 0.893. The van der Waals surface area contributed by atoms with Gasteiger partial charge in [0.05, 0.1) is 12.9 Å². The number of hydrogen-bond acceptors (Lipinski definition) is 3. The second-order valence-corrected chi connectivity index (χ2v) is 6.01. The third-order valence-electron chi connectivity index (χ3n) is 3.43. The Morgan fingerprint density at radius 1 is 1.26 bits per heavy atom. The molecule has 1 N–H and O–H groups in total. The van der Waals surface area contributed by atoms with Gasteiger partial charge in [0.15, 0.2) is 0 Å². The van der Waals surface area contributed by atoms with Gasteiger partial charge < -0.3 is 14.5 Å². The van der Waals surface area contributed by atoms with Crippen molar-refractivity contribution in [2.45, 2.75) is 39.9 Å². The van der Waals surface area contributed by atoms with Crippen molar-refractivity contribution in [3.8, 4) is 0 Å². The normalized spacial score (nSPS) is 13.7. The Labute approximate surface area is 114 Å². The van der Waals surface area contributed by atoms with E-state index < -0.39 is 0 Å². The van der Waals surface area contributed by atoms with Crippen LogP contribution >= 0.6 is 0 Å². The maximum absolute atomic E-state index is 4.35. The lowest BCUT2D eigenvalue weighted by Gasteiger charge is -2.32. The highest BCUT2D eigenvalue weighted by molar-refractivity contribution is 4.92. The Morgan fingerprint density at radius 3 is 2.58 bits per heavy atom. The van der Waals surface area contributed by atoms with E-state index >= 15 is 0 Å². The molecule has 104 valence electrons. The SMILES string of the molecule is Cn1ccnc1CNC(Cn1ccnc1)C(C)(C)C. The van der Waals surface area contributed by atoms with Crippen molar-refractivity contribution in [1.82, 2.24) is 24.4 Å². The Bertz CT molecular complexity index is 492. The largest absolute Gasteiger partial charge is 0.337 e. The van der Waals surface area contributed by atoms with E-state index in [2.05, 4.69) is 40.6 Å². The molecule has 0 spiro atoms. The number of imidazole rings is 2. The predicted molar refractivity (Wildman–Crippen MR) is 75.5 cm³/mol. The van der Waals surface area contributed by atoms with Gasteiger partial charge in [-0.1, -0.05) is 20.8 Å². The lowest BCUT2D eigenvalue weighted by atomic mass is 9.86. The van der Waals surface area contributed by atoms with E-state index in [0.29, 0.717) is 6.04 Å². The highest BCUT2D eigenvalue weighted by Gasteiger charge is 2.24. The van der Waals surface area contributed by atoms with Crippen LogP contribution < -0.4 is 5.32 Å². The van der Waals surface area contributed by atoms with Crippen LogP contribution in [0.1, 0.15) is 26.6 Å². The van der Waals surface area contributed by atoms with Crippen molar-refractivity contribution in [3.63, 3.8) is 0 Å². The Hall–Kier alpha value is -1.62. The van der Waals surface area contributed by atoms with Crippen LogP contribution in [0.2, 0.25) is 0 Å². The Morgan fingerprint density at radius 2 is 2.05 bits per heavy atom. The molecule has 1 unspecified atom stereocenters. The average Bonchev–Trinajstić information content (AvgIpc) is 2.94. The molecule has 0 amide bonds. The number of rotatable bonds is 5. The fourth-order valence-electron chi connectivity index (χ4n) is 2.03. The van der Waals surface area contributed by atoms with E-state index in [0.717, 1.165) is 18.9 Å². The molecule has 1 atom stereocenters. The minimum Gasteiger partial charge on any atom is -0.337 e. The summed E-state index contributed by atoms with van der Waals surface area (Å²) in [5, 5.41) is 3.61. The van der Waals surface area contributed by atoms with Gasteiger partial charge in [-0.25, -0.2) is 9.97 Å². The molecule has 5 nitrogen and oxygen atoms in total. The van der Waals surface area contributed by atoms with E-state index in [1.165, 1.54) is 0 Å². The summed E-state index contributed by atoms with van der Waals surface area (Å²) >= 11 is 0. The van der Waals surface area contributed by atoms with Crippen LogP contribution in [0.25, 0.3) is 0 Å². The first-order valence-corrected chi connectivity index (χ1v) is 6.62. The first kappa shape index (κ1) is 13.8. The number of nitrogens with one attached hydrogen (secondary N) is 1. The van der Waals surface area contributed by atoms with Gasteiger partial charge in [0.2, 0.25) is 0 Å². The molecule has 0 saturated carbocycles. The second-order valence-electron chi connectivity index (χ2n) is 6.01. The van der Waals surface area contributed by atoms with Gasteiger partial charge in [-0.15, -0.1) is 0 Å². The third-order valence-corrected chi connectivity index (χ3v) is 3.43. The summed E-state index contributed by atoms with van der Waals surface area (Å²) in [5.74, 6) is 1.06. The summed E-state index contributed by atoms with van der Waals surface area (Å²) < 4.78 is 4.16.